The molecule has 0 saturated carbocycles. The van der Waals surface area contributed by atoms with E-state index in [2.05, 4.69) is 47.0 Å². The van der Waals surface area contributed by atoms with E-state index >= 15 is 0 Å². The quantitative estimate of drug-likeness (QED) is 0.833. The predicted molar refractivity (Wildman–Crippen MR) is 86.7 cm³/mol. The molecule has 4 nitrogen and oxygen atoms in total. The third-order valence-electron chi connectivity index (χ3n) is 3.09. The summed E-state index contributed by atoms with van der Waals surface area (Å²) in [6, 6.07) is 0. The number of rotatable bonds is 5. The van der Waals surface area contributed by atoms with E-state index in [1.807, 2.05) is 13.8 Å². The van der Waals surface area contributed by atoms with Crippen molar-refractivity contribution in [1.82, 2.24) is 14.7 Å². The van der Waals surface area contributed by atoms with Crippen LogP contribution in [0.5, 0.6) is 0 Å². The summed E-state index contributed by atoms with van der Waals surface area (Å²) in [4.78, 5) is 5.70. The number of imidazole rings is 1. The average molecular weight is 313 g/mol. The fourth-order valence-electron chi connectivity index (χ4n) is 1.69. The highest BCUT2D eigenvalue weighted by molar-refractivity contribution is 7.99. The van der Waals surface area contributed by atoms with E-state index in [1.54, 1.807) is 23.1 Å². The Morgan fingerprint density at radius 2 is 2.15 bits per heavy atom. The highest BCUT2D eigenvalue weighted by Gasteiger charge is 2.20. The van der Waals surface area contributed by atoms with Crippen LogP contribution in [0.25, 0.3) is 4.96 Å². The van der Waals surface area contributed by atoms with Crippen LogP contribution in [0, 0.1) is 0 Å². The van der Waals surface area contributed by atoms with E-state index in [1.165, 1.54) is 5.69 Å². The van der Waals surface area contributed by atoms with Gasteiger partial charge in [-0.3, -0.25) is 4.40 Å². The van der Waals surface area contributed by atoms with Crippen molar-refractivity contribution in [1.29, 1.82) is 0 Å². The number of aromatic nitrogens is 2. The van der Waals surface area contributed by atoms with Crippen molar-refractivity contribution in [3.05, 3.63) is 17.3 Å². The lowest BCUT2D eigenvalue weighted by Gasteiger charge is -2.21. The molecule has 20 heavy (non-hydrogen) atoms. The van der Waals surface area contributed by atoms with Crippen molar-refractivity contribution in [2.45, 2.75) is 63.1 Å². The second-order valence-electron chi connectivity index (χ2n) is 6.09. The SMILES string of the molecule is CC(O)C(C)Sc1nc2sccn2c1CNC(C)(C)C. The van der Waals surface area contributed by atoms with Gasteiger partial charge in [0.05, 0.1) is 11.8 Å². The number of nitrogens with zero attached hydrogens (tertiary/aromatic N) is 2. The van der Waals surface area contributed by atoms with Gasteiger partial charge in [-0.25, -0.2) is 4.98 Å². The number of fused-ring (bicyclic) bond motifs is 1. The van der Waals surface area contributed by atoms with Gasteiger partial charge in [-0.2, -0.15) is 0 Å². The Morgan fingerprint density at radius 3 is 2.75 bits per heavy atom. The van der Waals surface area contributed by atoms with Gasteiger partial charge in [0, 0.05) is 28.9 Å². The Bertz CT molecular complexity index is 568. The summed E-state index contributed by atoms with van der Waals surface area (Å²) in [5.74, 6) is 0. The normalized spacial score (nSPS) is 15.7. The number of hydrogen-bond acceptors (Lipinski definition) is 5. The molecule has 0 spiro atoms. The summed E-state index contributed by atoms with van der Waals surface area (Å²) in [6.07, 6.45) is 1.72. The number of aliphatic hydroxyl groups is 1. The van der Waals surface area contributed by atoms with Crippen LogP contribution < -0.4 is 5.32 Å². The first-order valence-corrected chi connectivity index (χ1v) is 8.58. The van der Waals surface area contributed by atoms with E-state index in [0.29, 0.717) is 0 Å². The van der Waals surface area contributed by atoms with Crippen molar-refractivity contribution in [3.8, 4) is 0 Å². The molecule has 2 N–H and O–H groups in total. The number of thiazole rings is 1. The maximum atomic E-state index is 9.69. The molecule has 112 valence electrons. The molecule has 0 bridgehead atoms. The minimum atomic E-state index is -0.344. The van der Waals surface area contributed by atoms with E-state index < -0.39 is 0 Å². The molecule has 0 aliphatic carbocycles. The lowest BCUT2D eigenvalue weighted by Crippen LogP contribution is -2.35. The predicted octanol–water partition coefficient (Wildman–Crippen LogP) is 3.15. The van der Waals surface area contributed by atoms with Gasteiger partial charge >= 0.3 is 0 Å². The summed E-state index contributed by atoms with van der Waals surface area (Å²) in [5, 5.41) is 16.4. The molecule has 0 aromatic carbocycles. The summed E-state index contributed by atoms with van der Waals surface area (Å²) in [7, 11) is 0. The van der Waals surface area contributed by atoms with Crippen molar-refractivity contribution in [3.63, 3.8) is 0 Å². The third kappa shape index (κ3) is 3.75. The topological polar surface area (TPSA) is 49.6 Å². The Balaban J connectivity index is 2.26. The van der Waals surface area contributed by atoms with Gasteiger partial charge in [0.25, 0.3) is 0 Å². The van der Waals surface area contributed by atoms with Gasteiger partial charge in [0.1, 0.15) is 5.03 Å². The van der Waals surface area contributed by atoms with Crippen LogP contribution in [0.4, 0.5) is 0 Å². The smallest absolute Gasteiger partial charge is 0.194 e. The Labute approximate surface area is 128 Å². The monoisotopic (exact) mass is 313 g/mol. The molecule has 2 atom stereocenters. The largest absolute Gasteiger partial charge is 0.392 e. The van der Waals surface area contributed by atoms with Crippen LogP contribution in [0.1, 0.15) is 40.3 Å². The lowest BCUT2D eigenvalue weighted by molar-refractivity contribution is 0.196. The minimum Gasteiger partial charge on any atom is -0.392 e. The van der Waals surface area contributed by atoms with Crippen molar-refractivity contribution in [2.24, 2.45) is 0 Å². The van der Waals surface area contributed by atoms with Gasteiger partial charge in [0.15, 0.2) is 4.96 Å². The minimum absolute atomic E-state index is 0.0675. The zero-order valence-electron chi connectivity index (χ0n) is 12.7. The van der Waals surface area contributed by atoms with Gasteiger partial charge in [-0.15, -0.1) is 11.3 Å². The first kappa shape index (κ1) is 15.8. The molecule has 0 fully saturated rings. The highest BCUT2D eigenvalue weighted by atomic mass is 32.2. The molecule has 0 saturated heterocycles. The van der Waals surface area contributed by atoms with Crippen molar-refractivity contribution in [2.75, 3.05) is 0 Å². The molecule has 2 unspecified atom stereocenters. The van der Waals surface area contributed by atoms with Gasteiger partial charge in [-0.05, 0) is 27.7 Å². The van der Waals surface area contributed by atoms with Gasteiger partial charge in [0.2, 0.25) is 0 Å². The Morgan fingerprint density at radius 1 is 1.45 bits per heavy atom. The first-order valence-electron chi connectivity index (χ1n) is 6.82. The van der Waals surface area contributed by atoms with E-state index in [9.17, 15) is 5.11 Å². The average Bonchev–Trinajstić information content (AvgIpc) is 2.85. The summed E-state index contributed by atoms with van der Waals surface area (Å²) in [6.45, 7) is 11.1. The molecular weight excluding hydrogens is 290 g/mol. The van der Waals surface area contributed by atoms with Crippen LogP contribution in [-0.4, -0.2) is 31.4 Å². The molecule has 6 heteroatoms. The second-order valence-corrected chi connectivity index (χ2v) is 8.33. The van der Waals surface area contributed by atoms with E-state index in [0.717, 1.165) is 16.5 Å². The van der Waals surface area contributed by atoms with Crippen molar-refractivity contribution < 1.29 is 5.11 Å². The molecule has 2 heterocycles. The third-order valence-corrected chi connectivity index (χ3v) is 5.16. The molecule has 0 aliphatic heterocycles. The molecule has 2 aromatic heterocycles. The van der Waals surface area contributed by atoms with Crippen LogP contribution >= 0.6 is 23.1 Å². The Hall–Kier alpha value is -0.560. The maximum Gasteiger partial charge on any atom is 0.194 e. The first-order chi connectivity index (χ1) is 9.28. The Kier molecular flexibility index (Phi) is 4.79. The number of nitrogens with one attached hydrogen (secondary N) is 1. The number of hydrogen-bond donors (Lipinski definition) is 2. The maximum absolute atomic E-state index is 9.69. The molecule has 2 rings (SSSR count). The van der Waals surface area contributed by atoms with Gasteiger partial charge in [-0.1, -0.05) is 18.7 Å². The zero-order valence-corrected chi connectivity index (χ0v) is 14.3. The fraction of sp³-hybridized carbons (Fsp3) is 0.643. The molecule has 0 radical (unpaired) electrons. The summed E-state index contributed by atoms with van der Waals surface area (Å²) < 4.78 is 2.14. The molecule has 0 amide bonds. The number of thioether (sulfide) groups is 1. The van der Waals surface area contributed by atoms with Crippen LogP contribution in [-0.2, 0) is 6.54 Å². The van der Waals surface area contributed by atoms with Crippen molar-refractivity contribution >= 4 is 28.1 Å². The van der Waals surface area contributed by atoms with Gasteiger partial charge < -0.3 is 10.4 Å². The molecular formula is C14H23N3OS2. The zero-order chi connectivity index (χ0) is 14.9. The highest BCUT2D eigenvalue weighted by Crippen LogP contribution is 2.30. The second kappa shape index (κ2) is 6.05. The number of aliphatic hydroxyl groups excluding tert-OH is 1. The van der Waals surface area contributed by atoms with E-state index in [4.69, 9.17) is 0 Å². The fourth-order valence-corrected chi connectivity index (χ4v) is 3.48. The standard InChI is InChI=1S/C14H23N3OS2/c1-9(18)10(2)20-12-11(8-15-14(3,4)5)17-6-7-19-13(17)16-12/h6-7,9-10,15,18H,8H2,1-5H3. The van der Waals surface area contributed by atoms with Crippen LogP contribution in [0.2, 0.25) is 0 Å². The molecule has 2 aromatic rings. The van der Waals surface area contributed by atoms with E-state index in [-0.39, 0.29) is 16.9 Å². The summed E-state index contributed by atoms with van der Waals surface area (Å²) in [5.41, 5.74) is 1.24. The lowest BCUT2D eigenvalue weighted by atomic mass is 10.1. The van der Waals surface area contributed by atoms with Crippen LogP contribution in [0.15, 0.2) is 16.6 Å². The van der Waals surface area contributed by atoms with Crippen LogP contribution in [0.3, 0.4) is 0 Å². The summed E-state index contributed by atoms with van der Waals surface area (Å²) >= 11 is 3.28. The molecule has 0 aliphatic rings.